The molecule has 0 spiro atoms. The fourth-order valence-electron chi connectivity index (χ4n) is 3.23. The third-order valence-corrected chi connectivity index (χ3v) is 8.18. The van der Waals surface area contributed by atoms with E-state index in [1.165, 1.54) is 0 Å². The van der Waals surface area contributed by atoms with Gasteiger partial charge in [-0.05, 0) is 47.5 Å². The highest BCUT2D eigenvalue weighted by Gasteiger charge is 2.36. The first-order valence-corrected chi connectivity index (χ1v) is 14.2. The highest BCUT2D eigenvalue weighted by atomic mass is 35.5. The van der Waals surface area contributed by atoms with Crippen LogP contribution in [-0.4, -0.2) is 39.6 Å². The van der Waals surface area contributed by atoms with Crippen LogP contribution in [0.1, 0.15) is 11.1 Å². The zero-order chi connectivity index (χ0) is 27.9. The summed E-state index contributed by atoms with van der Waals surface area (Å²) in [4.78, 5) is -0.474. The highest BCUT2D eigenvalue weighted by molar-refractivity contribution is 7.87. The van der Waals surface area contributed by atoms with E-state index < -0.39 is 40.0 Å². The van der Waals surface area contributed by atoms with Gasteiger partial charge in [-0.25, -0.2) is 4.39 Å². The second kappa shape index (κ2) is 14.3. The molecule has 0 aliphatic heterocycles. The van der Waals surface area contributed by atoms with Crippen molar-refractivity contribution in [2.45, 2.75) is 36.5 Å². The number of benzene rings is 3. The van der Waals surface area contributed by atoms with Gasteiger partial charge >= 0.3 is 0 Å². The van der Waals surface area contributed by atoms with Crippen molar-refractivity contribution in [3.8, 4) is 0 Å². The second-order valence-corrected chi connectivity index (χ2v) is 11.6. The van der Waals surface area contributed by atoms with Crippen molar-refractivity contribution in [2.24, 2.45) is 0 Å². The number of hydrogen-bond donors (Lipinski definition) is 1. The Morgan fingerprint density at radius 3 is 1.89 bits per heavy atom. The molecule has 1 N–H and O–H groups in total. The number of alkyl halides is 1. The van der Waals surface area contributed by atoms with Gasteiger partial charge in [-0.3, -0.25) is 4.18 Å². The van der Waals surface area contributed by atoms with Gasteiger partial charge < -0.3 is 14.9 Å². The second-order valence-electron chi connectivity index (χ2n) is 7.94. The molecule has 0 saturated heterocycles. The Hall–Kier alpha value is -1.46. The number of hydrogen-bond acceptors (Lipinski definition) is 6. The SMILES string of the molecule is N=C[C@@H](F)[C@H](OCc1ccc(Cl)cc1)[C@@H](COCc1ccc(Cl)cc1)OS(=O)(=O)c1cc(Cl)c(Cl)cc1Cl. The van der Waals surface area contributed by atoms with Crippen LogP contribution >= 0.6 is 58.0 Å². The molecule has 0 aromatic heterocycles. The molecule has 0 bridgehead atoms. The Balaban J connectivity index is 1.88. The van der Waals surface area contributed by atoms with Gasteiger partial charge in [0.15, 0.2) is 6.17 Å². The monoisotopic (exact) mass is 641 g/mol. The summed E-state index contributed by atoms with van der Waals surface area (Å²) in [5.41, 5.74) is 1.36. The van der Waals surface area contributed by atoms with Gasteiger partial charge in [0.05, 0.1) is 34.9 Å². The lowest BCUT2D eigenvalue weighted by molar-refractivity contribution is -0.0852. The maximum atomic E-state index is 15.0. The lowest BCUT2D eigenvalue weighted by Gasteiger charge is -2.28. The Morgan fingerprint density at radius 1 is 0.816 bits per heavy atom. The van der Waals surface area contributed by atoms with Crippen LogP contribution in [0.4, 0.5) is 4.39 Å². The van der Waals surface area contributed by atoms with Crippen molar-refractivity contribution < 1.29 is 26.5 Å². The van der Waals surface area contributed by atoms with Crippen LogP contribution in [0.5, 0.6) is 0 Å². The van der Waals surface area contributed by atoms with Gasteiger partial charge in [-0.15, -0.1) is 0 Å². The van der Waals surface area contributed by atoms with E-state index in [2.05, 4.69) is 0 Å². The zero-order valence-electron chi connectivity index (χ0n) is 19.4. The highest BCUT2D eigenvalue weighted by Crippen LogP contribution is 2.33. The Kier molecular flexibility index (Phi) is 11.7. The first kappa shape index (κ1) is 31.1. The molecule has 38 heavy (non-hydrogen) atoms. The first-order valence-electron chi connectivity index (χ1n) is 10.9. The third kappa shape index (κ3) is 8.78. The van der Waals surface area contributed by atoms with E-state index in [1.54, 1.807) is 48.5 Å². The van der Waals surface area contributed by atoms with Crippen LogP contribution < -0.4 is 0 Å². The molecular formula is C25H21Cl5FNO5S. The molecule has 3 rings (SSSR count). The van der Waals surface area contributed by atoms with Crippen molar-refractivity contribution in [1.29, 1.82) is 5.41 Å². The summed E-state index contributed by atoms with van der Waals surface area (Å²) < 4.78 is 58.2. The first-order chi connectivity index (χ1) is 18.0. The van der Waals surface area contributed by atoms with E-state index in [0.717, 1.165) is 17.7 Å². The van der Waals surface area contributed by atoms with E-state index in [0.29, 0.717) is 21.8 Å². The molecule has 3 aromatic rings. The minimum absolute atomic E-state index is 0.0373. The van der Waals surface area contributed by atoms with Crippen LogP contribution in [0, 0.1) is 5.41 Å². The fourth-order valence-corrected chi connectivity index (χ4v) is 5.53. The average molecular weight is 644 g/mol. The minimum atomic E-state index is -4.62. The van der Waals surface area contributed by atoms with Crippen molar-refractivity contribution in [1.82, 2.24) is 0 Å². The van der Waals surface area contributed by atoms with Gasteiger partial charge in [0.1, 0.15) is 17.1 Å². The van der Waals surface area contributed by atoms with Crippen molar-refractivity contribution in [2.75, 3.05) is 6.61 Å². The number of ether oxygens (including phenoxy) is 2. The third-order valence-electron chi connectivity index (χ3n) is 5.15. The lowest BCUT2D eigenvalue weighted by atomic mass is 10.1. The molecule has 6 nitrogen and oxygen atoms in total. The molecular weight excluding hydrogens is 623 g/mol. The van der Waals surface area contributed by atoms with Crippen molar-refractivity contribution >= 4 is 74.3 Å². The smallest absolute Gasteiger partial charge is 0.298 e. The van der Waals surface area contributed by atoms with E-state index in [9.17, 15) is 12.8 Å². The van der Waals surface area contributed by atoms with Crippen LogP contribution in [0.15, 0.2) is 65.6 Å². The summed E-state index contributed by atoms with van der Waals surface area (Å²) in [6.07, 6.45) is -4.63. The molecule has 0 aliphatic rings. The molecule has 0 aliphatic carbocycles. The molecule has 3 atom stereocenters. The minimum Gasteiger partial charge on any atom is -0.374 e. The zero-order valence-corrected chi connectivity index (χ0v) is 24.0. The van der Waals surface area contributed by atoms with Gasteiger partial charge in [-0.1, -0.05) is 82.3 Å². The Morgan fingerprint density at radius 2 is 1.34 bits per heavy atom. The molecule has 0 heterocycles. The number of halogens is 6. The van der Waals surface area contributed by atoms with Gasteiger partial charge in [0, 0.05) is 16.3 Å². The maximum absolute atomic E-state index is 15.0. The fraction of sp³-hybridized carbons (Fsp3) is 0.240. The van der Waals surface area contributed by atoms with E-state index in [4.69, 9.17) is 77.1 Å². The van der Waals surface area contributed by atoms with Crippen molar-refractivity contribution in [3.05, 3.63) is 96.9 Å². The summed E-state index contributed by atoms with van der Waals surface area (Å²) >= 11 is 29.8. The van der Waals surface area contributed by atoms with Crippen LogP contribution in [0.3, 0.4) is 0 Å². The van der Waals surface area contributed by atoms with Crippen LogP contribution in [0.2, 0.25) is 25.1 Å². The molecule has 13 heteroatoms. The summed E-state index contributed by atoms with van der Waals surface area (Å²) in [5.74, 6) is 0. The molecule has 0 amide bonds. The summed E-state index contributed by atoms with van der Waals surface area (Å²) in [6, 6.07) is 15.5. The molecule has 0 radical (unpaired) electrons. The summed E-state index contributed by atoms with van der Waals surface area (Å²) in [7, 11) is -4.62. The van der Waals surface area contributed by atoms with Gasteiger partial charge in [0.25, 0.3) is 10.1 Å². The summed E-state index contributed by atoms with van der Waals surface area (Å²) in [6.45, 7) is -0.503. The summed E-state index contributed by atoms with van der Waals surface area (Å²) in [5, 5.41) is 8.18. The van der Waals surface area contributed by atoms with Crippen molar-refractivity contribution in [3.63, 3.8) is 0 Å². The number of rotatable bonds is 13. The average Bonchev–Trinajstić information content (AvgIpc) is 2.88. The van der Waals surface area contributed by atoms with Crippen LogP contribution in [-0.2, 0) is 37.0 Å². The number of nitrogens with one attached hydrogen (secondary N) is 1. The van der Waals surface area contributed by atoms with Gasteiger partial charge in [-0.2, -0.15) is 8.42 Å². The lowest BCUT2D eigenvalue weighted by Crippen LogP contribution is -2.44. The topological polar surface area (TPSA) is 85.7 Å². The normalized spacial score (nSPS) is 14.2. The van der Waals surface area contributed by atoms with Crippen LogP contribution in [0.25, 0.3) is 0 Å². The molecule has 204 valence electrons. The van der Waals surface area contributed by atoms with Gasteiger partial charge in [0.2, 0.25) is 0 Å². The standard InChI is InChI=1S/C25H21Cl5FNO5S/c26-17-5-1-15(2-6-17)12-35-14-23(37-38(33,34)24-10-20(29)19(28)9-21(24)30)25(22(31)11-32)36-13-16-3-7-18(27)8-4-16/h1-11,22-23,25,32H,12-14H2/t22-,23-,25+/m1/s1. The molecule has 0 unspecified atom stereocenters. The molecule has 0 saturated carbocycles. The predicted octanol–water partition coefficient (Wildman–Crippen LogP) is 7.82. The Labute approximate surface area is 245 Å². The van der Waals surface area contributed by atoms with E-state index >= 15 is 0 Å². The maximum Gasteiger partial charge on any atom is 0.298 e. The molecule has 3 aromatic carbocycles. The largest absolute Gasteiger partial charge is 0.374 e. The predicted molar refractivity (Wildman–Crippen MR) is 148 cm³/mol. The van der Waals surface area contributed by atoms with E-state index in [1.807, 2.05) is 0 Å². The van der Waals surface area contributed by atoms with E-state index in [-0.39, 0.29) is 28.3 Å². The molecule has 0 fully saturated rings. The quantitative estimate of drug-likeness (QED) is 0.117. The Bertz CT molecular complexity index is 1340.